The quantitative estimate of drug-likeness (QED) is 0.856. The number of nitrogens with zero attached hydrogens (tertiary/aromatic N) is 1. The third-order valence-corrected chi connectivity index (χ3v) is 3.16. The van der Waals surface area contributed by atoms with Crippen molar-refractivity contribution in [3.05, 3.63) is 23.6 Å². The molecule has 1 aliphatic rings. The van der Waals surface area contributed by atoms with E-state index in [1.807, 2.05) is 6.92 Å². The molecule has 1 aromatic heterocycles. The molecule has 0 amide bonds. The molecule has 5 nitrogen and oxygen atoms in total. The number of aromatic nitrogens is 1. The van der Waals surface area contributed by atoms with E-state index in [1.165, 1.54) is 6.20 Å². The van der Waals surface area contributed by atoms with Crippen LogP contribution < -0.4 is 5.32 Å². The standard InChI is InChI=1S/C12H15FN2O3/c1-7(8-3-5-18-6-8)15-11-10(13)9(12(16)17)2-4-14-11/h2,4,7-8H,3,5-6H2,1H3,(H,14,15)(H,16,17). The molecule has 0 bridgehead atoms. The predicted molar refractivity (Wildman–Crippen MR) is 63.2 cm³/mol. The second kappa shape index (κ2) is 5.30. The molecule has 0 aliphatic carbocycles. The molecular formula is C12H15FN2O3. The molecule has 2 heterocycles. The van der Waals surface area contributed by atoms with Gasteiger partial charge in [-0.1, -0.05) is 0 Å². The van der Waals surface area contributed by atoms with Crippen LogP contribution in [0, 0.1) is 11.7 Å². The van der Waals surface area contributed by atoms with E-state index in [0.29, 0.717) is 19.1 Å². The largest absolute Gasteiger partial charge is 0.478 e. The van der Waals surface area contributed by atoms with Crippen molar-refractivity contribution in [2.24, 2.45) is 5.92 Å². The van der Waals surface area contributed by atoms with Gasteiger partial charge in [-0.15, -0.1) is 0 Å². The van der Waals surface area contributed by atoms with Crippen LogP contribution >= 0.6 is 0 Å². The summed E-state index contributed by atoms with van der Waals surface area (Å²) < 4.78 is 19.1. The number of ether oxygens (including phenoxy) is 1. The van der Waals surface area contributed by atoms with Gasteiger partial charge in [0.1, 0.15) is 5.56 Å². The Bertz CT molecular complexity index is 447. The molecule has 2 N–H and O–H groups in total. The van der Waals surface area contributed by atoms with Crippen molar-refractivity contribution in [1.82, 2.24) is 4.98 Å². The van der Waals surface area contributed by atoms with Gasteiger partial charge < -0.3 is 15.2 Å². The Kier molecular flexibility index (Phi) is 3.76. The van der Waals surface area contributed by atoms with Gasteiger partial charge in [-0.05, 0) is 19.4 Å². The van der Waals surface area contributed by atoms with Crippen LogP contribution in [0.4, 0.5) is 10.2 Å². The van der Waals surface area contributed by atoms with E-state index >= 15 is 0 Å². The maximum atomic E-state index is 13.8. The second-order valence-electron chi connectivity index (χ2n) is 4.38. The fourth-order valence-electron chi connectivity index (χ4n) is 1.99. The molecule has 0 radical (unpaired) electrons. The smallest absolute Gasteiger partial charge is 0.338 e. The van der Waals surface area contributed by atoms with Gasteiger partial charge >= 0.3 is 5.97 Å². The van der Waals surface area contributed by atoms with E-state index in [0.717, 1.165) is 12.5 Å². The Morgan fingerprint density at radius 2 is 2.50 bits per heavy atom. The monoisotopic (exact) mass is 254 g/mol. The van der Waals surface area contributed by atoms with Crippen LogP contribution in [0.15, 0.2) is 12.3 Å². The summed E-state index contributed by atoms with van der Waals surface area (Å²) in [6.45, 7) is 3.25. The van der Waals surface area contributed by atoms with E-state index in [-0.39, 0.29) is 17.4 Å². The molecular weight excluding hydrogens is 239 g/mol. The number of anilines is 1. The van der Waals surface area contributed by atoms with E-state index in [4.69, 9.17) is 9.84 Å². The summed E-state index contributed by atoms with van der Waals surface area (Å²) in [4.78, 5) is 14.6. The zero-order valence-corrected chi connectivity index (χ0v) is 10.0. The summed E-state index contributed by atoms with van der Waals surface area (Å²) in [5.41, 5.74) is -0.373. The molecule has 0 aromatic carbocycles. The minimum Gasteiger partial charge on any atom is -0.478 e. The van der Waals surface area contributed by atoms with Gasteiger partial charge in [-0.2, -0.15) is 0 Å². The number of carboxylic acid groups (broad SMARTS) is 1. The van der Waals surface area contributed by atoms with Crippen molar-refractivity contribution in [2.45, 2.75) is 19.4 Å². The molecule has 2 unspecified atom stereocenters. The number of pyridine rings is 1. The molecule has 98 valence electrons. The molecule has 0 spiro atoms. The Hall–Kier alpha value is -1.69. The van der Waals surface area contributed by atoms with Crippen molar-refractivity contribution in [1.29, 1.82) is 0 Å². The van der Waals surface area contributed by atoms with Crippen LogP contribution in [-0.2, 0) is 4.74 Å². The Balaban J connectivity index is 2.13. The van der Waals surface area contributed by atoms with Crippen molar-refractivity contribution in [3.8, 4) is 0 Å². The van der Waals surface area contributed by atoms with Crippen molar-refractivity contribution in [2.75, 3.05) is 18.5 Å². The summed E-state index contributed by atoms with van der Waals surface area (Å²) in [5.74, 6) is -1.85. The van der Waals surface area contributed by atoms with Crippen LogP contribution in [0.5, 0.6) is 0 Å². The van der Waals surface area contributed by atoms with Gasteiger partial charge in [-0.3, -0.25) is 0 Å². The highest BCUT2D eigenvalue weighted by molar-refractivity contribution is 5.88. The number of carboxylic acids is 1. The highest BCUT2D eigenvalue weighted by atomic mass is 19.1. The molecule has 2 atom stereocenters. The van der Waals surface area contributed by atoms with E-state index in [2.05, 4.69) is 10.3 Å². The van der Waals surface area contributed by atoms with Crippen LogP contribution in [0.1, 0.15) is 23.7 Å². The van der Waals surface area contributed by atoms with Gasteiger partial charge in [0.2, 0.25) is 0 Å². The highest BCUT2D eigenvalue weighted by Crippen LogP contribution is 2.22. The number of carbonyl (C=O) groups is 1. The zero-order valence-electron chi connectivity index (χ0n) is 10.0. The predicted octanol–water partition coefficient (Wildman–Crippen LogP) is 1.76. The topological polar surface area (TPSA) is 71.5 Å². The van der Waals surface area contributed by atoms with Gasteiger partial charge in [0.05, 0.1) is 6.61 Å². The lowest BCUT2D eigenvalue weighted by atomic mass is 10.0. The highest BCUT2D eigenvalue weighted by Gasteiger charge is 2.24. The number of hydrogen-bond acceptors (Lipinski definition) is 4. The number of hydrogen-bond donors (Lipinski definition) is 2. The van der Waals surface area contributed by atoms with Crippen LogP contribution in [-0.4, -0.2) is 35.3 Å². The van der Waals surface area contributed by atoms with Gasteiger partial charge in [-0.25, -0.2) is 14.2 Å². The van der Waals surface area contributed by atoms with E-state index in [9.17, 15) is 9.18 Å². The van der Waals surface area contributed by atoms with Crippen molar-refractivity contribution < 1.29 is 19.0 Å². The molecule has 1 saturated heterocycles. The lowest BCUT2D eigenvalue weighted by Crippen LogP contribution is -2.27. The molecule has 1 aromatic rings. The van der Waals surface area contributed by atoms with Crippen molar-refractivity contribution in [3.63, 3.8) is 0 Å². The molecule has 1 fully saturated rings. The minimum atomic E-state index is -1.30. The lowest BCUT2D eigenvalue weighted by molar-refractivity contribution is 0.0692. The summed E-state index contributed by atoms with van der Waals surface area (Å²) >= 11 is 0. The number of rotatable bonds is 4. The number of aromatic carboxylic acids is 1. The minimum absolute atomic E-state index is 0.0152. The summed E-state index contributed by atoms with van der Waals surface area (Å²) in [7, 11) is 0. The zero-order chi connectivity index (χ0) is 13.1. The van der Waals surface area contributed by atoms with Crippen molar-refractivity contribution >= 4 is 11.8 Å². The first-order valence-corrected chi connectivity index (χ1v) is 5.81. The van der Waals surface area contributed by atoms with Crippen LogP contribution in [0.2, 0.25) is 0 Å². The van der Waals surface area contributed by atoms with Gasteiger partial charge in [0, 0.05) is 24.8 Å². The SMILES string of the molecule is CC(Nc1nccc(C(=O)O)c1F)C1CCOC1. The molecule has 2 rings (SSSR count). The number of nitrogens with one attached hydrogen (secondary N) is 1. The molecule has 0 saturated carbocycles. The first-order valence-electron chi connectivity index (χ1n) is 5.81. The third-order valence-electron chi connectivity index (χ3n) is 3.16. The Morgan fingerprint density at radius 1 is 1.72 bits per heavy atom. The van der Waals surface area contributed by atoms with E-state index in [1.54, 1.807) is 0 Å². The maximum absolute atomic E-state index is 13.8. The average molecular weight is 254 g/mol. The van der Waals surface area contributed by atoms with Crippen LogP contribution in [0.3, 0.4) is 0 Å². The average Bonchev–Trinajstić information content (AvgIpc) is 2.85. The summed E-state index contributed by atoms with van der Waals surface area (Å²) in [5, 5.41) is 11.7. The molecule has 6 heteroatoms. The molecule has 18 heavy (non-hydrogen) atoms. The van der Waals surface area contributed by atoms with E-state index < -0.39 is 11.8 Å². The maximum Gasteiger partial charge on any atom is 0.338 e. The summed E-state index contributed by atoms with van der Waals surface area (Å²) in [6.07, 6.45) is 2.20. The fraction of sp³-hybridized carbons (Fsp3) is 0.500. The third kappa shape index (κ3) is 2.59. The normalized spacial score (nSPS) is 20.7. The lowest BCUT2D eigenvalue weighted by Gasteiger charge is -2.20. The first kappa shape index (κ1) is 12.8. The number of halogens is 1. The van der Waals surface area contributed by atoms with Gasteiger partial charge in [0.15, 0.2) is 11.6 Å². The summed E-state index contributed by atoms with van der Waals surface area (Å²) in [6, 6.07) is 1.13. The Labute approximate surface area is 104 Å². The fourth-order valence-corrected chi connectivity index (χ4v) is 1.99. The Morgan fingerprint density at radius 3 is 3.11 bits per heavy atom. The van der Waals surface area contributed by atoms with Crippen LogP contribution in [0.25, 0.3) is 0 Å². The van der Waals surface area contributed by atoms with Gasteiger partial charge in [0.25, 0.3) is 0 Å². The second-order valence-corrected chi connectivity index (χ2v) is 4.38. The molecule has 1 aliphatic heterocycles. The first-order chi connectivity index (χ1) is 8.59.